The van der Waals surface area contributed by atoms with Crippen LogP contribution in [0.4, 0.5) is 27.1 Å². The molecular weight excluding hydrogens is 1520 g/mol. The van der Waals surface area contributed by atoms with Crippen molar-refractivity contribution < 1.29 is 297 Å². The standard InChI is InChI=1S/C18H21NO3S.C15H14N.C10H9N2.C10H8N.C5H10O.C3H6O3S.CH3F.ClH.4K.4O3S/c1-13-18(2,3)17-15-8-5-4-7-14(15)9-10-16(17)19(13)11-6-12-23(20,21)22;1-10-15(2,3)14-12-7-5-4-6-11(12)8-9-13(14)16-10;11-12-10-6-5-8-3-1-2-4-9(8)7-10;11-10-6-5-8-3-1-2-4-9(8)7-10;1-4(2)5(3)6;4-7(5)3-1-2-6-7;1-2;;;;;;4*1-4(2)3/h5,7-10H,6,11-12H2,1-3H3,(H,20,21,22);5-9H,1-3H3;2-7,12H,11H2;2-7H,11H2;4H,1-3H3;1-3H2;1H3;1H;;;;;;;;/q;3*-1;;;;;4*+1;;;;/p-1/i;;;;;;1D;;;;;;;;;. The fraction of sp³-hybridized carbons (Fsp3) is 0.306. The van der Waals surface area contributed by atoms with E-state index in [0.717, 1.165) is 28.1 Å². The van der Waals surface area contributed by atoms with E-state index in [1.807, 2.05) is 111 Å². The van der Waals surface area contributed by atoms with E-state index in [0.29, 0.717) is 26.0 Å². The molecule has 0 spiro atoms. The van der Waals surface area contributed by atoms with Gasteiger partial charge in [-0.2, -0.15) is 110 Å². The van der Waals surface area contributed by atoms with Crippen molar-refractivity contribution in [1.29, 1.82) is 0 Å². The van der Waals surface area contributed by atoms with Crippen molar-refractivity contribution in [2.24, 2.45) is 16.8 Å². The first-order valence-corrected chi connectivity index (χ1v) is 34.2. The van der Waals surface area contributed by atoms with E-state index in [1.165, 1.54) is 60.3 Å². The van der Waals surface area contributed by atoms with Crippen molar-refractivity contribution in [2.45, 2.75) is 86.0 Å². The van der Waals surface area contributed by atoms with Gasteiger partial charge in [0.15, 0.2) is 5.71 Å². The van der Waals surface area contributed by atoms with E-state index in [4.69, 9.17) is 63.5 Å². The summed E-state index contributed by atoms with van der Waals surface area (Å²) in [7, 11) is -20.7. The molecule has 0 atom stereocenters. The Bertz CT molecular complexity index is 4560. The van der Waals surface area contributed by atoms with Gasteiger partial charge in [-0.15, -0.1) is 130 Å². The van der Waals surface area contributed by atoms with Gasteiger partial charge in [-0.25, -0.2) is 8.42 Å². The number of carbonyl (C=O) groups is 1. The predicted molar refractivity (Wildman–Crippen MR) is 360 cm³/mol. The molecule has 3 aliphatic heterocycles. The Balaban J connectivity index is -0.000000347. The number of nitrogens with one attached hydrogen (secondary N) is 1. The number of aliphatic imine (C=N–C) groups is 1. The summed E-state index contributed by atoms with van der Waals surface area (Å²) in [5, 5.41) is 9.60. The monoisotopic (exact) mass is 1590 g/mol. The van der Waals surface area contributed by atoms with Crippen LogP contribution in [0, 0.1) is 30.2 Å². The number of ketones is 1. The van der Waals surface area contributed by atoms with Gasteiger partial charge in [0.2, 0.25) is 5.69 Å². The second-order valence-electron chi connectivity index (χ2n) is 20.7. The number of hydrogen-bond donors (Lipinski definition) is 3. The summed E-state index contributed by atoms with van der Waals surface area (Å²) in [6.45, 7) is 19.3. The molecule has 1 saturated heterocycles. The Hall–Kier alpha value is -1.56. The smallest absolute Gasteiger partial charge is 0.748 e. The van der Waals surface area contributed by atoms with Crippen LogP contribution in [-0.2, 0) is 82.5 Å². The van der Waals surface area contributed by atoms with Crippen molar-refractivity contribution >= 4 is 158 Å². The summed E-state index contributed by atoms with van der Waals surface area (Å²) < 4.78 is 176. The Kier molecular flexibility index (Phi) is 55.8. The second-order valence-corrected chi connectivity index (χ2v) is 25.6. The molecule has 0 amide bonds. The molecule has 0 bridgehead atoms. The van der Waals surface area contributed by atoms with E-state index in [-0.39, 0.29) is 252 Å². The number of nitrogen functional groups attached to an aromatic ring is 2. The van der Waals surface area contributed by atoms with Gasteiger partial charge in [-0.3, -0.25) is 24.2 Å². The number of nitrogens with two attached hydrogens (primary N) is 2. The number of rotatable bonds is 6. The largest absolute Gasteiger partial charge is 1.00 e. The minimum atomic E-state index is -4.16. The number of hydrazine groups is 1. The van der Waals surface area contributed by atoms with Gasteiger partial charge in [-0.05, 0) is 57.9 Å². The molecule has 0 saturated carbocycles. The van der Waals surface area contributed by atoms with Crippen LogP contribution in [0.5, 0.6) is 0 Å². The third-order valence-electron chi connectivity index (χ3n) is 13.7. The molecule has 11 rings (SSSR count). The van der Waals surface area contributed by atoms with E-state index < -0.39 is 69.8 Å². The fourth-order valence-electron chi connectivity index (χ4n) is 8.76. The normalized spacial score (nSPS) is 12.9. The molecule has 512 valence electrons. The molecule has 8 aromatic carbocycles. The quantitative estimate of drug-likeness (QED) is 0.0220. The topological polar surface area (TPSA) is 402 Å². The molecular formula is C62H71ClFK4N5O19S6. The van der Waals surface area contributed by atoms with E-state index >= 15 is 0 Å². The Morgan fingerprint density at radius 3 is 1.48 bits per heavy atom. The molecule has 3 aliphatic rings. The summed E-state index contributed by atoms with van der Waals surface area (Å²) in [5.41, 5.74) is 17.1. The van der Waals surface area contributed by atoms with Gasteiger partial charge in [0.1, 0.15) is 12.3 Å². The minimum absolute atomic E-state index is 0. The summed E-state index contributed by atoms with van der Waals surface area (Å²) in [6.07, 6.45) is 0.988. The molecule has 5 N–H and O–H groups in total. The zero-order chi connectivity index (χ0) is 71.7. The maximum Gasteiger partial charge on any atom is 1.00 e. The maximum atomic E-state index is 10.8. The predicted octanol–water partition coefficient (Wildman–Crippen LogP) is -2.88. The first-order valence-electron chi connectivity index (χ1n) is 27.8. The average molecular weight is 1590 g/mol. The zero-order valence-electron chi connectivity index (χ0n) is 57.3. The van der Waals surface area contributed by atoms with E-state index in [2.05, 4.69) is 121 Å². The van der Waals surface area contributed by atoms with Crippen LogP contribution in [-0.4, -0.2) is 125 Å². The van der Waals surface area contributed by atoms with Gasteiger partial charge in [0.25, 0.3) is 10.1 Å². The summed E-state index contributed by atoms with van der Waals surface area (Å²) in [6, 6.07) is 56.3. The van der Waals surface area contributed by atoms with Crippen LogP contribution in [0.25, 0.3) is 43.1 Å². The zero-order valence-corrected chi connectivity index (χ0v) is 74.5. The number of carbonyl (C=O) groups excluding carboxylic acids is 1. The Morgan fingerprint density at radius 2 is 1.08 bits per heavy atom. The number of benzene rings is 8. The van der Waals surface area contributed by atoms with Crippen molar-refractivity contribution in [2.75, 3.05) is 43.0 Å². The molecule has 36 heteroatoms. The van der Waals surface area contributed by atoms with E-state index in [1.54, 1.807) is 6.92 Å². The summed E-state index contributed by atoms with van der Waals surface area (Å²) in [5.74, 6) is 5.63. The Labute approximate surface area is 756 Å². The number of nitrogens with zero attached hydrogens (tertiary/aromatic N) is 2. The maximum absolute atomic E-state index is 10.8. The van der Waals surface area contributed by atoms with Gasteiger partial charge in [0, 0.05) is 53.1 Å². The molecule has 0 aromatic heterocycles. The number of fused-ring (bicyclic) bond motifs is 8. The molecule has 1 fully saturated rings. The summed E-state index contributed by atoms with van der Waals surface area (Å²) >= 11 is 0. The third kappa shape index (κ3) is 39.5. The molecule has 8 aromatic rings. The van der Waals surface area contributed by atoms with Crippen LogP contribution in [0.2, 0.25) is 0 Å². The minimum Gasteiger partial charge on any atom is -0.748 e. The average Bonchev–Trinajstić information content (AvgIpc) is 1.60. The number of anilines is 2. The molecule has 0 radical (unpaired) electrons. The first kappa shape index (κ1) is 103. The molecule has 0 aliphatic carbocycles. The van der Waals surface area contributed by atoms with Crippen molar-refractivity contribution in [3.05, 3.63) is 169 Å². The second kappa shape index (κ2) is 53.2. The Morgan fingerprint density at radius 1 is 0.684 bits per heavy atom. The van der Waals surface area contributed by atoms with Crippen LogP contribution in [0.15, 0.2) is 138 Å². The number of alkyl halides is 1. The van der Waals surface area contributed by atoms with Crippen LogP contribution in [0.1, 0.15) is 87.7 Å². The van der Waals surface area contributed by atoms with E-state index in [9.17, 15) is 30.6 Å². The first-order chi connectivity index (χ1) is 43.8. The van der Waals surface area contributed by atoms with Crippen molar-refractivity contribution in [3.63, 3.8) is 0 Å². The van der Waals surface area contributed by atoms with Crippen molar-refractivity contribution in [3.8, 4) is 0 Å². The molecule has 98 heavy (non-hydrogen) atoms. The van der Waals surface area contributed by atoms with Crippen LogP contribution < -0.4 is 223 Å². The number of Topliss-reactive ketones (excluding diaryl/α,β-unsaturated/α-hetero) is 1. The third-order valence-corrected chi connectivity index (χ3v) is 15.8. The van der Waals surface area contributed by atoms with Gasteiger partial charge < -0.3 is 15.7 Å². The molecule has 0 unspecified atom stereocenters. The SMILES string of the molecule is CC(=O)C(C)C.CC1=Nc2ccc3c[c-]ccc3c2C1(C)C.CC1=[N+](CCCS(=O)(=O)[O-])c2ccc3c[c-]ccc3c2C1(C)C.Cl.NNc1ccc2c[c-]ccc2c1.Nc1ccc2c[c-]ccc2c1.O=S(=O)=O.O=S(=O)=O.O=S(=O)=O.O=S(=O)=O.O=S1(=O)CCCO1.[2H]CF.[K+].[K+].[K+].[K+]. The van der Waals surface area contributed by atoms with Crippen LogP contribution >= 0.6 is 12.4 Å². The number of hydrogen-bond acceptors (Lipinski definition) is 23. The molecule has 3 heterocycles. The van der Waals surface area contributed by atoms with Crippen LogP contribution in [0.3, 0.4) is 0 Å². The fourth-order valence-corrected chi connectivity index (χ4v) is 10.2. The van der Waals surface area contributed by atoms with Gasteiger partial charge in [0.05, 0.1) is 42.1 Å². The number of halogens is 2. The van der Waals surface area contributed by atoms with Gasteiger partial charge >= 0.3 is 248 Å². The van der Waals surface area contributed by atoms with Crippen molar-refractivity contribution in [1.82, 2.24) is 0 Å². The summed E-state index contributed by atoms with van der Waals surface area (Å²) in [4.78, 5) is 14.8. The van der Waals surface area contributed by atoms with Gasteiger partial charge in [-0.1, -0.05) is 45.9 Å². The molecule has 24 nitrogen and oxygen atoms in total.